The SMILES string of the molecule is COc1ccc(Br)cc1C(=O)C(C)(C)S(C)(=O)=O. The van der Waals surface area contributed by atoms with E-state index in [0.717, 1.165) is 6.26 Å². The first kappa shape index (κ1) is 15.2. The first-order valence-electron chi connectivity index (χ1n) is 5.19. The molecule has 0 unspecified atom stereocenters. The highest BCUT2D eigenvalue weighted by molar-refractivity contribution is 9.10. The van der Waals surface area contributed by atoms with Crippen molar-refractivity contribution < 1.29 is 17.9 Å². The van der Waals surface area contributed by atoms with Crippen LogP contribution in [0.4, 0.5) is 0 Å². The highest BCUT2D eigenvalue weighted by Crippen LogP contribution is 2.29. The van der Waals surface area contributed by atoms with Crippen molar-refractivity contribution in [2.75, 3.05) is 13.4 Å². The summed E-state index contributed by atoms with van der Waals surface area (Å²) in [6, 6.07) is 4.91. The second kappa shape index (κ2) is 5.01. The first-order chi connectivity index (χ1) is 8.11. The Morgan fingerprint density at radius 1 is 1.33 bits per heavy atom. The number of sulfone groups is 1. The number of hydrogen-bond acceptors (Lipinski definition) is 4. The minimum absolute atomic E-state index is 0.252. The fourth-order valence-corrected chi connectivity index (χ4v) is 2.16. The number of hydrogen-bond donors (Lipinski definition) is 0. The number of halogens is 1. The van der Waals surface area contributed by atoms with Crippen LogP contribution in [0.2, 0.25) is 0 Å². The lowest BCUT2D eigenvalue weighted by Gasteiger charge is -2.22. The van der Waals surface area contributed by atoms with Crippen LogP contribution in [0.15, 0.2) is 22.7 Å². The van der Waals surface area contributed by atoms with Gasteiger partial charge in [-0.25, -0.2) is 8.42 Å². The van der Waals surface area contributed by atoms with Crippen molar-refractivity contribution in [1.29, 1.82) is 0 Å². The third kappa shape index (κ3) is 2.75. The van der Waals surface area contributed by atoms with Crippen LogP contribution in [-0.4, -0.2) is 32.3 Å². The lowest BCUT2D eigenvalue weighted by molar-refractivity contribution is 0.0951. The number of methoxy groups -OCH3 is 1. The number of ketones is 1. The molecule has 0 N–H and O–H groups in total. The van der Waals surface area contributed by atoms with E-state index in [-0.39, 0.29) is 5.56 Å². The maximum Gasteiger partial charge on any atom is 0.187 e. The average Bonchev–Trinajstić information content (AvgIpc) is 2.26. The molecule has 0 aliphatic heterocycles. The first-order valence-corrected chi connectivity index (χ1v) is 7.87. The Balaban J connectivity index is 3.40. The summed E-state index contributed by atoms with van der Waals surface area (Å²) >= 11 is 3.25. The Kier molecular flexibility index (Phi) is 4.23. The molecule has 0 fully saturated rings. The summed E-state index contributed by atoms with van der Waals surface area (Å²) in [7, 11) is -2.07. The third-order valence-electron chi connectivity index (χ3n) is 2.88. The Morgan fingerprint density at radius 3 is 2.33 bits per heavy atom. The molecule has 0 radical (unpaired) electrons. The molecule has 0 aliphatic carbocycles. The minimum Gasteiger partial charge on any atom is -0.496 e. The second-order valence-corrected chi connectivity index (χ2v) is 7.94. The van der Waals surface area contributed by atoms with Crippen LogP contribution in [0.1, 0.15) is 24.2 Å². The highest BCUT2D eigenvalue weighted by Gasteiger charge is 2.40. The number of ether oxygens (including phenoxy) is 1. The van der Waals surface area contributed by atoms with Gasteiger partial charge < -0.3 is 4.74 Å². The maximum absolute atomic E-state index is 12.4. The highest BCUT2D eigenvalue weighted by atomic mass is 79.9. The fraction of sp³-hybridized carbons (Fsp3) is 0.417. The van der Waals surface area contributed by atoms with Gasteiger partial charge in [-0.2, -0.15) is 0 Å². The van der Waals surface area contributed by atoms with Crippen LogP contribution < -0.4 is 4.74 Å². The van der Waals surface area contributed by atoms with Crippen molar-refractivity contribution in [2.45, 2.75) is 18.6 Å². The lowest BCUT2D eigenvalue weighted by atomic mass is 9.99. The van der Waals surface area contributed by atoms with Crippen molar-refractivity contribution in [3.8, 4) is 5.75 Å². The normalized spacial score (nSPS) is 12.3. The summed E-state index contributed by atoms with van der Waals surface area (Å²) in [4.78, 5) is 12.4. The van der Waals surface area contributed by atoms with Gasteiger partial charge in [0.2, 0.25) is 0 Å². The van der Waals surface area contributed by atoms with Gasteiger partial charge in [0.15, 0.2) is 15.6 Å². The molecule has 1 aromatic carbocycles. The van der Waals surface area contributed by atoms with E-state index in [2.05, 4.69) is 15.9 Å². The largest absolute Gasteiger partial charge is 0.496 e. The Bertz CT molecular complexity index is 576. The predicted octanol–water partition coefficient (Wildman–Crippen LogP) is 2.46. The number of benzene rings is 1. The van der Waals surface area contributed by atoms with Crippen LogP contribution in [-0.2, 0) is 9.84 Å². The molecule has 1 rings (SSSR count). The van der Waals surface area contributed by atoms with E-state index in [9.17, 15) is 13.2 Å². The second-order valence-electron chi connectivity index (χ2n) is 4.46. The number of carbonyl (C=O) groups is 1. The summed E-state index contributed by atoms with van der Waals surface area (Å²) in [5, 5.41) is 0. The molecule has 0 saturated heterocycles. The van der Waals surface area contributed by atoms with Gasteiger partial charge in [0.05, 0.1) is 12.7 Å². The Morgan fingerprint density at radius 2 is 1.89 bits per heavy atom. The minimum atomic E-state index is -3.51. The van der Waals surface area contributed by atoms with Crippen molar-refractivity contribution in [3.63, 3.8) is 0 Å². The van der Waals surface area contributed by atoms with Gasteiger partial charge in [-0.3, -0.25) is 4.79 Å². The lowest BCUT2D eigenvalue weighted by Crippen LogP contribution is -2.40. The van der Waals surface area contributed by atoms with Crippen molar-refractivity contribution in [1.82, 2.24) is 0 Å². The third-order valence-corrected chi connectivity index (χ3v) is 5.41. The van der Waals surface area contributed by atoms with Crippen molar-refractivity contribution in [2.24, 2.45) is 0 Å². The molecule has 0 heterocycles. The van der Waals surface area contributed by atoms with E-state index >= 15 is 0 Å². The molecule has 4 nitrogen and oxygen atoms in total. The van der Waals surface area contributed by atoms with Gasteiger partial charge in [0.1, 0.15) is 10.5 Å². The smallest absolute Gasteiger partial charge is 0.187 e. The zero-order chi connectivity index (χ0) is 14.1. The summed E-state index contributed by atoms with van der Waals surface area (Å²) in [6.07, 6.45) is 1.05. The Labute approximate surface area is 115 Å². The molecule has 6 heteroatoms. The van der Waals surface area contributed by atoms with Crippen molar-refractivity contribution >= 4 is 31.6 Å². The zero-order valence-electron chi connectivity index (χ0n) is 10.7. The molecular weight excluding hydrogens is 320 g/mol. The standard InChI is InChI=1S/C12H15BrO4S/c1-12(2,18(4,15)16)11(14)9-7-8(13)5-6-10(9)17-3/h5-7H,1-4H3. The zero-order valence-corrected chi connectivity index (χ0v) is 13.1. The van der Waals surface area contributed by atoms with E-state index in [1.165, 1.54) is 21.0 Å². The molecule has 100 valence electrons. The molecule has 0 aromatic heterocycles. The van der Waals surface area contributed by atoms with E-state index in [0.29, 0.717) is 10.2 Å². The van der Waals surface area contributed by atoms with Crippen LogP contribution >= 0.6 is 15.9 Å². The number of carbonyl (C=O) groups excluding carboxylic acids is 1. The van der Waals surface area contributed by atoms with Gasteiger partial charge in [0, 0.05) is 10.7 Å². The molecule has 18 heavy (non-hydrogen) atoms. The fourth-order valence-electron chi connectivity index (χ4n) is 1.35. The van der Waals surface area contributed by atoms with Gasteiger partial charge in [-0.1, -0.05) is 15.9 Å². The molecule has 0 spiro atoms. The number of rotatable bonds is 4. The van der Waals surface area contributed by atoms with E-state index in [1.54, 1.807) is 18.2 Å². The maximum atomic E-state index is 12.4. The topological polar surface area (TPSA) is 60.4 Å². The van der Waals surface area contributed by atoms with Crippen LogP contribution in [0, 0.1) is 0 Å². The van der Waals surface area contributed by atoms with Crippen LogP contribution in [0.5, 0.6) is 5.75 Å². The van der Waals surface area contributed by atoms with Gasteiger partial charge in [-0.05, 0) is 32.0 Å². The summed E-state index contributed by atoms with van der Waals surface area (Å²) in [6.45, 7) is 2.79. The Hall–Kier alpha value is -0.880. The predicted molar refractivity (Wildman–Crippen MR) is 73.9 cm³/mol. The summed E-state index contributed by atoms with van der Waals surface area (Å²) in [5.74, 6) is -0.122. The van der Waals surface area contributed by atoms with Gasteiger partial charge in [0.25, 0.3) is 0 Å². The van der Waals surface area contributed by atoms with Gasteiger partial charge >= 0.3 is 0 Å². The molecule has 0 amide bonds. The molecule has 0 atom stereocenters. The van der Waals surface area contributed by atoms with Gasteiger partial charge in [-0.15, -0.1) is 0 Å². The van der Waals surface area contributed by atoms with Crippen LogP contribution in [0.25, 0.3) is 0 Å². The molecule has 0 aliphatic rings. The van der Waals surface area contributed by atoms with Crippen molar-refractivity contribution in [3.05, 3.63) is 28.2 Å². The summed E-state index contributed by atoms with van der Waals surface area (Å²) < 4.78 is 27.7. The van der Waals surface area contributed by atoms with E-state index < -0.39 is 20.4 Å². The molecule has 0 saturated carbocycles. The molecule has 1 aromatic rings. The van der Waals surface area contributed by atoms with Crippen LogP contribution in [0.3, 0.4) is 0 Å². The molecule has 0 bridgehead atoms. The quantitative estimate of drug-likeness (QED) is 0.793. The summed E-state index contributed by atoms with van der Waals surface area (Å²) in [5.41, 5.74) is 0.252. The number of Topliss-reactive ketones (excluding diaryl/α,β-unsaturated/α-hetero) is 1. The average molecular weight is 335 g/mol. The molecular formula is C12H15BrO4S. The monoisotopic (exact) mass is 334 g/mol. The van der Waals surface area contributed by atoms with E-state index in [4.69, 9.17) is 4.74 Å². The van der Waals surface area contributed by atoms with E-state index in [1.807, 2.05) is 0 Å².